The molecule has 1 unspecified atom stereocenters. The van der Waals surface area contributed by atoms with Gasteiger partial charge in [0.15, 0.2) is 0 Å². The second-order valence-corrected chi connectivity index (χ2v) is 5.23. The summed E-state index contributed by atoms with van der Waals surface area (Å²) >= 11 is 5.73. The molecule has 0 bridgehead atoms. The summed E-state index contributed by atoms with van der Waals surface area (Å²) in [5.41, 5.74) is -1.65. The van der Waals surface area contributed by atoms with E-state index < -0.39 is 29.0 Å². The zero-order valence-electron chi connectivity index (χ0n) is 11.0. The van der Waals surface area contributed by atoms with E-state index in [0.717, 1.165) is 4.90 Å². The molecule has 0 spiro atoms. The molecule has 0 saturated carbocycles. The standard InChI is InChI=1S/C13H14ClF4NO/c1-8(14)5-6-19(2)12(20)10-7-9(13(16,17)18)3-4-11(10)15/h3-4,7-8H,5-6H2,1-2H3. The first-order valence-electron chi connectivity index (χ1n) is 5.89. The Balaban J connectivity index is 2.97. The predicted octanol–water partition coefficient (Wildman–Crippen LogP) is 3.93. The smallest absolute Gasteiger partial charge is 0.342 e. The first-order valence-corrected chi connectivity index (χ1v) is 6.33. The largest absolute Gasteiger partial charge is 0.416 e. The fourth-order valence-corrected chi connectivity index (χ4v) is 1.64. The molecule has 2 nitrogen and oxygen atoms in total. The van der Waals surface area contributed by atoms with Crippen molar-refractivity contribution >= 4 is 17.5 Å². The highest BCUT2D eigenvalue weighted by atomic mass is 35.5. The molecule has 1 aromatic rings. The lowest BCUT2D eigenvalue weighted by molar-refractivity contribution is -0.137. The molecular formula is C13H14ClF4NO. The zero-order valence-corrected chi connectivity index (χ0v) is 11.7. The second kappa shape index (κ2) is 6.43. The van der Waals surface area contributed by atoms with Gasteiger partial charge in [0, 0.05) is 19.0 Å². The van der Waals surface area contributed by atoms with Crippen LogP contribution in [0, 0.1) is 5.82 Å². The van der Waals surface area contributed by atoms with E-state index in [9.17, 15) is 22.4 Å². The summed E-state index contributed by atoms with van der Waals surface area (Å²) in [6, 6.07) is 1.78. The van der Waals surface area contributed by atoms with Crippen LogP contribution in [0.25, 0.3) is 0 Å². The molecule has 0 aromatic heterocycles. The van der Waals surface area contributed by atoms with Gasteiger partial charge in [-0.3, -0.25) is 4.79 Å². The van der Waals surface area contributed by atoms with Crippen LogP contribution in [0.4, 0.5) is 17.6 Å². The van der Waals surface area contributed by atoms with Gasteiger partial charge in [-0.05, 0) is 31.5 Å². The number of hydrogen-bond acceptors (Lipinski definition) is 1. The molecule has 0 fully saturated rings. The van der Waals surface area contributed by atoms with Crippen LogP contribution in [0.15, 0.2) is 18.2 Å². The van der Waals surface area contributed by atoms with E-state index in [0.29, 0.717) is 24.6 Å². The van der Waals surface area contributed by atoms with E-state index in [2.05, 4.69) is 0 Å². The van der Waals surface area contributed by atoms with Gasteiger partial charge in [0.25, 0.3) is 5.91 Å². The van der Waals surface area contributed by atoms with E-state index in [1.54, 1.807) is 6.92 Å². The maximum Gasteiger partial charge on any atom is 0.416 e. The molecule has 112 valence electrons. The number of rotatable bonds is 4. The number of alkyl halides is 4. The van der Waals surface area contributed by atoms with Crippen LogP contribution >= 0.6 is 11.6 Å². The van der Waals surface area contributed by atoms with Crippen LogP contribution in [-0.2, 0) is 6.18 Å². The van der Waals surface area contributed by atoms with Gasteiger partial charge in [-0.2, -0.15) is 13.2 Å². The number of carbonyl (C=O) groups is 1. The fraction of sp³-hybridized carbons (Fsp3) is 0.462. The average molecular weight is 312 g/mol. The number of benzene rings is 1. The topological polar surface area (TPSA) is 20.3 Å². The molecule has 0 aliphatic carbocycles. The van der Waals surface area contributed by atoms with Crippen LogP contribution in [-0.4, -0.2) is 29.8 Å². The maximum absolute atomic E-state index is 13.5. The van der Waals surface area contributed by atoms with Crippen molar-refractivity contribution in [3.05, 3.63) is 35.1 Å². The van der Waals surface area contributed by atoms with Crippen molar-refractivity contribution in [3.63, 3.8) is 0 Å². The van der Waals surface area contributed by atoms with Crippen LogP contribution in [0.3, 0.4) is 0 Å². The molecule has 0 saturated heterocycles. The number of halogens is 5. The quantitative estimate of drug-likeness (QED) is 0.609. The van der Waals surface area contributed by atoms with Crippen LogP contribution < -0.4 is 0 Å². The fourth-order valence-electron chi connectivity index (χ4n) is 1.54. The van der Waals surface area contributed by atoms with Crippen molar-refractivity contribution in [2.75, 3.05) is 13.6 Å². The Morgan fingerprint density at radius 2 is 2.00 bits per heavy atom. The monoisotopic (exact) mass is 311 g/mol. The highest BCUT2D eigenvalue weighted by molar-refractivity contribution is 6.20. The Hall–Kier alpha value is -1.30. The molecule has 1 atom stereocenters. The Morgan fingerprint density at radius 1 is 1.40 bits per heavy atom. The number of carbonyl (C=O) groups excluding carboxylic acids is 1. The Bertz CT molecular complexity index is 488. The minimum atomic E-state index is -4.62. The summed E-state index contributed by atoms with van der Waals surface area (Å²) in [7, 11) is 1.39. The van der Waals surface area contributed by atoms with Gasteiger partial charge in [-0.15, -0.1) is 11.6 Å². The number of amides is 1. The Kier molecular flexibility index (Phi) is 5.39. The van der Waals surface area contributed by atoms with Gasteiger partial charge in [0.2, 0.25) is 0 Å². The first-order chi connectivity index (χ1) is 9.12. The molecule has 0 N–H and O–H groups in total. The third-order valence-corrected chi connectivity index (χ3v) is 2.95. The summed E-state index contributed by atoms with van der Waals surface area (Å²) < 4.78 is 51.2. The third kappa shape index (κ3) is 4.37. The number of nitrogens with zero attached hydrogens (tertiary/aromatic N) is 1. The van der Waals surface area contributed by atoms with Crippen molar-refractivity contribution < 1.29 is 22.4 Å². The van der Waals surface area contributed by atoms with Gasteiger partial charge >= 0.3 is 6.18 Å². The number of hydrogen-bond donors (Lipinski definition) is 0. The van der Waals surface area contributed by atoms with Crippen LogP contribution in [0.2, 0.25) is 0 Å². The van der Waals surface area contributed by atoms with Gasteiger partial charge in [-0.25, -0.2) is 4.39 Å². The SMILES string of the molecule is CC(Cl)CCN(C)C(=O)c1cc(C(F)(F)F)ccc1F. The van der Waals surface area contributed by atoms with Gasteiger partial charge in [0.1, 0.15) is 5.82 Å². The lowest BCUT2D eigenvalue weighted by atomic mass is 10.1. The average Bonchev–Trinajstić information content (AvgIpc) is 2.34. The van der Waals surface area contributed by atoms with Crippen molar-refractivity contribution in [1.82, 2.24) is 4.90 Å². The van der Waals surface area contributed by atoms with E-state index in [1.807, 2.05) is 0 Å². The summed E-state index contributed by atoms with van der Waals surface area (Å²) in [5.74, 6) is -1.78. The lowest BCUT2D eigenvalue weighted by Gasteiger charge is -2.19. The van der Waals surface area contributed by atoms with Crippen LogP contribution in [0.1, 0.15) is 29.3 Å². The summed E-state index contributed by atoms with van der Waals surface area (Å²) in [5, 5.41) is -0.184. The normalized spacial score (nSPS) is 13.2. The van der Waals surface area contributed by atoms with Crippen molar-refractivity contribution in [1.29, 1.82) is 0 Å². The molecule has 20 heavy (non-hydrogen) atoms. The minimum absolute atomic E-state index is 0.184. The minimum Gasteiger partial charge on any atom is -0.342 e. The molecule has 7 heteroatoms. The van der Waals surface area contributed by atoms with E-state index in [1.165, 1.54) is 7.05 Å². The molecule has 1 aromatic carbocycles. The maximum atomic E-state index is 13.5. The molecular weight excluding hydrogens is 298 g/mol. The molecule has 1 amide bonds. The molecule has 0 radical (unpaired) electrons. The summed E-state index contributed by atoms with van der Waals surface area (Å²) in [6.45, 7) is 1.96. The Morgan fingerprint density at radius 3 is 2.50 bits per heavy atom. The third-order valence-electron chi connectivity index (χ3n) is 2.73. The molecule has 0 aliphatic heterocycles. The van der Waals surface area contributed by atoms with Crippen LogP contribution in [0.5, 0.6) is 0 Å². The van der Waals surface area contributed by atoms with Crippen molar-refractivity contribution in [2.24, 2.45) is 0 Å². The molecule has 0 aliphatic rings. The summed E-state index contributed by atoms with van der Waals surface area (Å²) in [4.78, 5) is 13.1. The van der Waals surface area contributed by atoms with Crippen molar-refractivity contribution in [3.8, 4) is 0 Å². The van der Waals surface area contributed by atoms with E-state index >= 15 is 0 Å². The zero-order chi connectivity index (χ0) is 15.5. The highest BCUT2D eigenvalue weighted by Gasteiger charge is 2.32. The van der Waals surface area contributed by atoms with E-state index in [-0.39, 0.29) is 11.9 Å². The van der Waals surface area contributed by atoms with Gasteiger partial charge in [-0.1, -0.05) is 0 Å². The van der Waals surface area contributed by atoms with Crippen molar-refractivity contribution in [2.45, 2.75) is 24.9 Å². The lowest BCUT2D eigenvalue weighted by Crippen LogP contribution is -2.29. The molecule has 0 heterocycles. The van der Waals surface area contributed by atoms with Gasteiger partial charge < -0.3 is 4.90 Å². The predicted molar refractivity (Wildman–Crippen MR) is 68.3 cm³/mol. The molecule has 1 rings (SSSR count). The summed E-state index contributed by atoms with van der Waals surface area (Å²) in [6.07, 6.45) is -4.16. The highest BCUT2D eigenvalue weighted by Crippen LogP contribution is 2.30. The van der Waals surface area contributed by atoms with E-state index in [4.69, 9.17) is 11.6 Å². The van der Waals surface area contributed by atoms with Gasteiger partial charge in [0.05, 0.1) is 11.1 Å². The first kappa shape index (κ1) is 16.8. The second-order valence-electron chi connectivity index (χ2n) is 4.49. The Labute approximate surface area is 119 Å².